The van der Waals surface area contributed by atoms with Crippen molar-refractivity contribution in [1.29, 1.82) is 0 Å². The molecule has 3 fully saturated rings. The quantitative estimate of drug-likeness (QED) is 0.488. The van der Waals surface area contributed by atoms with Crippen molar-refractivity contribution in [3.05, 3.63) is 29.5 Å². The number of nitrogens with one attached hydrogen (secondary N) is 1. The van der Waals surface area contributed by atoms with Crippen molar-refractivity contribution in [2.24, 2.45) is 11.1 Å². The smallest absolute Gasteiger partial charge is 0.252 e. The van der Waals surface area contributed by atoms with Gasteiger partial charge in [-0.3, -0.25) is 14.2 Å². The molecule has 4 N–H and O–H groups in total. The monoisotopic (exact) mass is 523 g/mol. The number of sulfonamides is 1. The largest absolute Gasteiger partial charge is 0.395 e. The number of hydrogen-bond donors (Lipinski definition) is 3. The van der Waals surface area contributed by atoms with Gasteiger partial charge in [-0.1, -0.05) is 0 Å². The first-order chi connectivity index (χ1) is 16.9. The highest BCUT2D eigenvalue weighted by Crippen LogP contribution is 2.55. The molecule has 0 unspecified atom stereocenters. The number of carbonyl (C=O) groups is 1. The molecule has 0 bridgehead atoms. The van der Waals surface area contributed by atoms with E-state index < -0.39 is 40.3 Å². The molecule has 12 heteroatoms. The molecule has 5 rings (SSSR count). The summed E-state index contributed by atoms with van der Waals surface area (Å²) in [5.74, 6) is -3.88. The van der Waals surface area contributed by atoms with E-state index in [-0.39, 0.29) is 24.1 Å². The van der Waals surface area contributed by atoms with Crippen LogP contribution in [-0.2, 0) is 10.0 Å². The van der Waals surface area contributed by atoms with Crippen LogP contribution in [0.15, 0.2) is 18.2 Å². The van der Waals surface area contributed by atoms with Gasteiger partial charge < -0.3 is 15.7 Å². The van der Waals surface area contributed by atoms with E-state index in [0.29, 0.717) is 41.1 Å². The number of aliphatic hydroxyl groups excluding tert-OH is 1. The van der Waals surface area contributed by atoms with Gasteiger partial charge in [-0.25, -0.2) is 17.2 Å². The number of primary amides is 1. The third-order valence-electron chi connectivity index (χ3n) is 7.76. The maximum atomic E-state index is 13.6. The highest BCUT2D eigenvalue weighted by atomic mass is 32.2. The number of aryl methyl sites for hydroxylation is 1. The lowest BCUT2D eigenvalue weighted by atomic mass is 9.88. The van der Waals surface area contributed by atoms with Gasteiger partial charge in [0.2, 0.25) is 10.0 Å². The fourth-order valence-electron chi connectivity index (χ4n) is 5.47. The Morgan fingerprint density at radius 3 is 2.44 bits per heavy atom. The predicted molar refractivity (Wildman–Crippen MR) is 132 cm³/mol. The summed E-state index contributed by atoms with van der Waals surface area (Å²) in [5.41, 5.74) is 8.44. The summed E-state index contributed by atoms with van der Waals surface area (Å²) in [5, 5.41) is 13.8. The summed E-state index contributed by atoms with van der Waals surface area (Å²) < 4.78 is 56.4. The standard InChI is InChI=1S/C24H31F2N5O4S/c1-15-12-19(28-31(15)16-13-24(25,26)14-16)20-18(29-36(34,35)11-10-32)3-2-17(22(27)33)21(20)30-8-6-23(4-5-23)7-9-30/h2-3,12,16,29,32H,4-11,13-14H2,1H3,(H2,27,33). The number of alkyl halides is 2. The van der Waals surface area contributed by atoms with Gasteiger partial charge in [0.1, 0.15) is 0 Å². The number of nitrogens with two attached hydrogens (primary N) is 1. The summed E-state index contributed by atoms with van der Waals surface area (Å²) in [4.78, 5) is 14.6. The van der Waals surface area contributed by atoms with Gasteiger partial charge >= 0.3 is 0 Å². The molecule has 1 aromatic heterocycles. The zero-order chi connectivity index (χ0) is 25.9. The molecular weight excluding hydrogens is 492 g/mol. The summed E-state index contributed by atoms with van der Waals surface area (Å²) in [6.07, 6.45) is 3.66. The second-order valence-corrected chi connectivity index (χ2v) is 12.3. The van der Waals surface area contributed by atoms with Crippen LogP contribution in [-0.4, -0.2) is 60.6 Å². The van der Waals surface area contributed by atoms with E-state index in [1.54, 1.807) is 17.7 Å². The van der Waals surface area contributed by atoms with E-state index in [1.807, 2.05) is 0 Å². The SMILES string of the molecule is Cc1cc(-c2c(NS(=O)(=O)CCO)ccc(C(N)=O)c2N2CCC3(CC2)CC3)nn1C1CC(F)(F)C1. The van der Waals surface area contributed by atoms with Crippen molar-refractivity contribution < 1.29 is 27.1 Å². The zero-order valence-corrected chi connectivity index (χ0v) is 21.0. The number of amides is 1. The first-order valence-electron chi connectivity index (χ1n) is 12.2. The number of hydrogen-bond acceptors (Lipinski definition) is 6. The molecule has 0 atom stereocenters. The van der Waals surface area contributed by atoms with Crippen molar-refractivity contribution in [2.45, 2.75) is 57.4 Å². The molecular formula is C24H31F2N5O4S. The third kappa shape index (κ3) is 4.68. The molecule has 1 aliphatic heterocycles. The summed E-state index contributed by atoms with van der Waals surface area (Å²) >= 11 is 0. The van der Waals surface area contributed by atoms with Gasteiger partial charge in [-0.2, -0.15) is 5.10 Å². The van der Waals surface area contributed by atoms with E-state index in [1.165, 1.54) is 25.0 Å². The first-order valence-corrected chi connectivity index (χ1v) is 13.9. The third-order valence-corrected chi connectivity index (χ3v) is 9.01. The molecule has 1 amide bonds. The minimum Gasteiger partial charge on any atom is -0.395 e. The number of aromatic nitrogens is 2. The van der Waals surface area contributed by atoms with Crippen LogP contribution in [0.2, 0.25) is 0 Å². The maximum absolute atomic E-state index is 13.6. The van der Waals surface area contributed by atoms with Crippen molar-refractivity contribution in [3.8, 4) is 11.3 Å². The molecule has 36 heavy (non-hydrogen) atoms. The summed E-state index contributed by atoms with van der Waals surface area (Å²) in [6, 6.07) is 4.22. The van der Waals surface area contributed by atoms with Crippen LogP contribution >= 0.6 is 0 Å². The van der Waals surface area contributed by atoms with Crippen LogP contribution in [0.4, 0.5) is 20.2 Å². The zero-order valence-electron chi connectivity index (χ0n) is 20.1. The molecule has 0 radical (unpaired) electrons. The Morgan fingerprint density at radius 1 is 1.22 bits per heavy atom. The lowest BCUT2D eigenvalue weighted by Gasteiger charge is -2.36. The van der Waals surface area contributed by atoms with Crippen LogP contribution in [0, 0.1) is 12.3 Å². The lowest BCUT2D eigenvalue weighted by molar-refractivity contribution is -0.107. The minimum atomic E-state index is -3.90. The van der Waals surface area contributed by atoms with Gasteiger partial charge in [0.25, 0.3) is 11.8 Å². The summed E-state index contributed by atoms with van der Waals surface area (Å²) in [6.45, 7) is 2.55. The van der Waals surface area contributed by atoms with Crippen LogP contribution in [0.3, 0.4) is 0 Å². The average Bonchev–Trinajstić information content (AvgIpc) is 3.42. The Morgan fingerprint density at radius 2 is 1.89 bits per heavy atom. The Bertz CT molecular complexity index is 1290. The molecule has 1 saturated heterocycles. The summed E-state index contributed by atoms with van der Waals surface area (Å²) in [7, 11) is -3.90. The number of nitrogens with zero attached hydrogens (tertiary/aromatic N) is 3. The second-order valence-electron chi connectivity index (χ2n) is 10.4. The van der Waals surface area contributed by atoms with Crippen molar-refractivity contribution in [2.75, 3.05) is 35.1 Å². The number of piperidine rings is 1. The number of halogens is 2. The van der Waals surface area contributed by atoms with Crippen molar-refractivity contribution in [3.63, 3.8) is 0 Å². The lowest BCUT2D eigenvalue weighted by Crippen LogP contribution is -2.38. The first kappa shape index (κ1) is 24.9. The molecule has 2 saturated carbocycles. The second kappa shape index (κ2) is 8.69. The van der Waals surface area contributed by atoms with E-state index >= 15 is 0 Å². The fraction of sp³-hybridized carbons (Fsp3) is 0.583. The van der Waals surface area contributed by atoms with Gasteiger partial charge in [0.15, 0.2) is 0 Å². The molecule has 3 aliphatic rings. The van der Waals surface area contributed by atoms with E-state index in [9.17, 15) is 27.1 Å². The average molecular weight is 524 g/mol. The minimum absolute atomic E-state index is 0.193. The van der Waals surface area contributed by atoms with Gasteiger partial charge in [0.05, 0.1) is 46.6 Å². The van der Waals surface area contributed by atoms with Crippen molar-refractivity contribution in [1.82, 2.24) is 9.78 Å². The predicted octanol–water partition coefficient (Wildman–Crippen LogP) is 3.04. The molecule has 2 heterocycles. The number of anilines is 2. The van der Waals surface area contributed by atoms with E-state index in [4.69, 9.17) is 5.73 Å². The molecule has 2 aliphatic carbocycles. The number of benzene rings is 1. The maximum Gasteiger partial charge on any atom is 0.252 e. The van der Waals surface area contributed by atoms with E-state index in [0.717, 1.165) is 12.8 Å². The van der Waals surface area contributed by atoms with E-state index in [2.05, 4.69) is 14.7 Å². The van der Waals surface area contributed by atoms with Crippen LogP contribution in [0.1, 0.15) is 60.6 Å². The van der Waals surface area contributed by atoms with Gasteiger partial charge in [-0.05, 0) is 56.2 Å². The van der Waals surface area contributed by atoms with Crippen LogP contribution in [0.25, 0.3) is 11.3 Å². The van der Waals surface area contributed by atoms with Gasteiger partial charge in [0, 0.05) is 31.6 Å². The van der Waals surface area contributed by atoms with Crippen LogP contribution < -0.4 is 15.4 Å². The molecule has 2 aromatic rings. The Labute approximate surface area is 208 Å². The normalized spacial score (nSPS) is 20.8. The Hall–Kier alpha value is -2.73. The highest BCUT2D eigenvalue weighted by molar-refractivity contribution is 7.92. The van der Waals surface area contributed by atoms with Crippen molar-refractivity contribution >= 4 is 27.3 Å². The molecule has 1 aromatic carbocycles. The number of rotatable bonds is 8. The van der Waals surface area contributed by atoms with Gasteiger partial charge in [-0.15, -0.1) is 0 Å². The topological polar surface area (TPSA) is 131 Å². The fourth-order valence-corrected chi connectivity index (χ4v) is 6.31. The Balaban J connectivity index is 1.64. The Kier molecular flexibility index (Phi) is 6.02. The van der Waals surface area contributed by atoms with Crippen LogP contribution in [0.5, 0.6) is 0 Å². The highest BCUT2D eigenvalue weighted by Gasteiger charge is 2.47. The number of carbonyl (C=O) groups excluding carboxylic acids is 1. The molecule has 9 nitrogen and oxygen atoms in total. The molecule has 196 valence electrons. The molecule has 1 spiro atoms. The number of aliphatic hydroxyl groups is 1.